The molecule has 270 valence electrons. The summed E-state index contributed by atoms with van der Waals surface area (Å²) in [5.74, 6) is -0.654. The molecule has 0 radical (unpaired) electrons. The van der Waals surface area contributed by atoms with E-state index in [2.05, 4.69) is 5.32 Å². The van der Waals surface area contributed by atoms with E-state index in [1.807, 2.05) is 30.3 Å². The average Bonchev–Trinajstić information content (AvgIpc) is 3.12. The first kappa shape index (κ1) is 37.4. The third-order valence-electron chi connectivity index (χ3n) is 9.06. The Labute approximate surface area is 297 Å². The Morgan fingerprint density at radius 1 is 0.863 bits per heavy atom. The van der Waals surface area contributed by atoms with Crippen LogP contribution in [0.2, 0.25) is 0 Å². The Bertz CT molecular complexity index is 1900. The molecule has 8 nitrogen and oxygen atoms in total. The maximum atomic E-state index is 14.7. The van der Waals surface area contributed by atoms with Crippen LogP contribution in [0, 0.1) is 6.92 Å². The smallest absolute Gasteiger partial charge is 0.416 e. The molecule has 1 N–H and O–H groups in total. The minimum Gasteiger partial charge on any atom is -0.497 e. The number of alkyl halides is 3. The molecule has 1 aliphatic rings. The largest absolute Gasteiger partial charge is 0.497 e. The molecule has 1 saturated carbocycles. The predicted molar refractivity (Wildman–Crippen MR) is 190 cm³/mol. The Morgan fingerprint density at radius 2 is 1.53 bits per heavy atom. The topological polar surface area (TPSA) is 96.0 Å². The molecular weight excluding hydrogens is 680 g/mol. The molecule has 0 unspecified atom stereocenters. The van der Waals surface area contributed by atoms with Crippen molar-refractivity contribution in [2.75, 3.05) is 18.0 Å². The fourth-order valence-electron chi connectivity index (χ4n) is 6.27. The van der Waals surface area contributed by atoms with E-state index in [0.29, 0.717) is 21.7 Å². The Hall–Kier alpha value is -4.84. The van der Waals surface area contributed by atoms with Crippen LogP contribution < -0.4 is 14.4 Å². The molecule has 1 fully saturated rings. The number of rotatable bonds is 13. The number of benzene rings is 4. The maximum absolute atomic E-state index is 14.7. The van der Waals surface area contributed by atoms with Gasteiger partial charge in [-0.25, -0.2) is 8.42 Å². The van der Waals surface area contributed by atoms with Crippen LogP contribution in [-0.4, -0.2) is 50.9 Å². The quantitative estimate of drug-likeness (QED) is 0.156. The number of methoxy groups -OCH3 is 1. The SMILES string of the molecule is COc1cccc(CN(C(=O)CN(c2cccc(C(F)(F)F)c2)S(=O)(=O)c2ccc(C)cc2)[C@@H](Cc2ccccc2)C(=O)NC2CCCCC2)c1. The van der Waals surface area contributed by atoms with Crippen molar-refractivity contribution in [1.29, 1.82) is 0 Å². The molecule has 0 saturated heterocycles. The fraction of sp³-hybridized carbons (Fsp3) is 0.333. The second-order valence-electron chi connectivity index (χ2n) is 12.8. The molecule has 0 aliphatic heterocycles. The normalized spacial score (nSPS) is 14.4. The fourth-order valence-corrected chi connectivity index (χ4v) is 7.68. The van der Waals surface area contributed by atoms with Gasteiger partial charge in [-0.05, 0) is 73.4 Å². The van der Waals surface area contributed by atoms with E-state index >= 15 is 0 Å². The number of nitrogens with zero attached hydrogens (tertiary/aromatic N) is 2. The summed E-state index contributed by atoms with van der Waals surface area (Å²) >= 11 is 0. The number of sulfonamides is 1. The highest BCUT2D eigenvalue weighted by molar-refractivity contribution is 7.92. The van der Waals surface area contributed by atoms with Crippen molar-refractivity contribution in [3.63, 3.8) is 0 Å². The van der Waals surface area contributed by atoms with Crippen molar-refractivity contribution in [2.45, 2.75) is 75.1 Å². The summed E-state index contributed by atoms with van der Waals surface area (Å²) in [4.78, 5) is 30.1. The highest BCUT2D eigenvalue weighted by atomic mass is 32.2. The maximum Gasteiger partial charge on any atom is 0.416 e. The molecule has 2 amide bonds. The van der Waals surface area contributed by atoms with Crippen molar-refractivity contribution in [2.24, 2.45) is 0 Å². The second-order valence-corrected chi connectivity index (χ2v) is 14.7. The van der Waals surface area contributed by atoms with Gasteiger partial charge in [0.1, 0.15) is 18.3 Å². The summed E-state index contributed by atoms with van der Waals surface area (Å²) < 4.78 is 76.2. The minimum atomic E-state index is -4.77. The molecule has 4 aromatic carbocycles. The van der Waals surface area contributed by atoms with Crippen LogP contribution in [0.4, 0.5) is 18.9 Å². The number of hydrogen-bond donors (Lipinski definition) is 1. The van der Waals surface area contributed by atoms with E-state index in [9.17, 15) is 31.2 Å². The van der Waals surface area contributed by atoms with Gasteiger partial charge < -0.3 is 15.0 Å². The van der Waals surface area contributed by atoms with Gasteiger partial charge in [0.15, 0.2) is 0 Å². The first-order chi connectivity index (χ1) is 24.3. The molecule has 0 bridgehead atoms. The van der Waals surface area contributed by atoms with Gasteiger partial charge >= 0.3 is 6.18 Å². The standard InChI is InChI=1S/C39H42F3N3O5S/c1-28-19-21-35(22-20-28)51(48,49)45(33-17-10-14-31(25-33)39(40,41)42)27-37(46)44(26-30-13-9-18-34(23-30)50-2)36(24-29-11-5-3-6-12-29)38(47)43-32-15-7-4-8-16-32/h3,5-6,9-14,17-23,25,32,36H,4,7-8,15-16,24,26-27H2,1-2H3,(H,43,47)/t36-/m0/s1. The van der Waals surface area contributed by atoms with Crippen LogP contribution in [0.1, 0.15) is 54.4 Å². The van der Waals surface area contributed by atoms with Crippen LogP contribution in [0.5, 0.6) is 5.75 Å². The highest BCUT2D eigenvalue weighted by Gasteiger charge is 2.37. The molecule has 4 aromatic rings. The predicted octanol–water partition coefficient (Wildman–Crippen LogP) is 7.31. The minimum absolute atomic E-state index is 0.0817. The number of amides is 2. The van der Waals surface area contributed by atoms with Gasteiger partial charge in [-0.2, -0.15) is 13.2 Å². The second kappa shape index (κ2) is 16.5. The highest BCUT2D eigenvalue weighted by Crippen LogP contribution is 2.34. The van der Waals surface area contributed by atoms with Crippen molar-refractivity contribution in [3.8, 4) is 5.75 Å². The van der Waals surface area contributed by atoms with E-state index < -0.39 is 46.2 Å². The van der Waals surface area contributed by atoms with Crippen molar-refractivity contribution < 1.29 is 35.9 Å². The molecule has 0 spiro atoms. The lowest BCUT2D eigenvalue weighted by Crippen LogP contribution is -2.55. The van der Waals surface area contributed by atoms with Gasteiger partial charge in [-0.3, -0.25) is 13.9 Å². The van der Waals surface area contributed by atoms with Crippen LogP contribution in [0.25, 0.3) is 0 Å². The summed E-state index contributed by atoms with van der Waals surface area (Å²) in [5, 5.41) is 3.14. The van der Waals surface area contributed by atoms with Crippen molar-refractivity contribution in [3.05, 3.63) is 125 Å². The van der Waals surface area contributed by atoms with E-state index in [1.54, 1.807) is 43.3 Å². The molecule has 51 heavy (non-hydrogen) atoms. The molecular formula is C39H42F3N3O5S. The summed E-state index contributed by atoms with van der Waals surface area (Å²) in [6.45, 7) is 0.794. The zero-order chi connectivity index (χ0) is 36.6. The van der Waals surface area contributed by atoms with E-state index in [4.69, 9.17) is 4.74 Å². The van der Waals surface area contributed by atoms with Gasteiger partial charge in [0.25, 0.3) is 10.0 Å². The number of halogens is 3. The number of nitrogens with one attached hydrogen (secondary N) is 1. The average molecular weight is 722 g/mol. The lowest BCUT2D eigenvalue weighted by atomic mass is 9.94. The lowest BCUT2D eigenvalue weighted by Gasteiger charge is -2.35. The molecule has 12 heteroatoms. The molecule has 0 heterocycles. The van der Waals surface area contributed by atoms with Crippen LogP contribution in [0.15, 0.2) is 108 Å². The van der Waals surface area contributed by atoms with E-state index in [-0.39, 0.29) is 29.6 Å². The van der Waals surface area contributed by atoms with Gasteiger partial charge in [0.2, 0.25) is 11.8 Å². The number of ether oxygens (including phenoxy) is 1. The summed E-state index contributed by atoms with van der Waals surface area (Å²) in [6, 6.07) is 24.6. The number of hydrogen-bond acceptors (Lipinski definition) is 5. The zero-order valence-corrected chi connectivity index (χ0v) is 29.4. The van der Waals surface area contributed by atoms with Crippen LogP contribution >= 0.6 is 0 Å². The van der Waals surface area contributed by atoms with E-state index in [1.165, 1.54) is 30.2 Å². The lowest BCUT2D eigenvalue weighted by molar-refractivity contribution is -0.140. The Balaban J connectivity index is 1.60. The summed E-state index contributed by atoms with van der Waals surface area (Å²) in [6.07, 6.45) is -0.0647. The van der Waals surface area contributed by atoms with Gasteiger partial charge in [0, 0.05) is 19.0 Å². The summed E-state index contributed by atoms with van der Waals surface area (Å²) in [7, 11) is -3.07. The third-order valence-corrected chi connectivity index (χ3v) is 10.8. The zero-order valence-electron chi connectivity index (χ0n) is 28.6. The number of anilines is 1. The first-order valence-electron chi connectivity index (χ1n) is 16.9. The van der Waals surface area contributed by atoms with Crippen LogP contribution in [-0.2, 0) is 38.8 Å². The number of aryl methyl sites for hydroxylation is 1. The molecule has 1 aliphatic carbocycles. The van der Waals surface area contributed by atoms with Gasteiger partial charge in [-0.1, -0.05) is 85.5 Å². The van der Waals surface area contributed by atoms with Gasteiger partial charge in [-0.15, -0.1) is 0 Å². The van der Waals surface area contributed by atoms with Crippen molar-refractivity contribution >= 4 is 27.5 Å². The number of carbonyl (C=O) groups is 2. The Kier molecular flexibility index (Phi) is 12.1. The molecule has 0 aromatic heterocycles. The van der Waals surface area contributed by atoms with Gasteiger partial charge in [0.05, 0.1) is 23.3 Å². The molecule has 5 rings (SSSR count). The Morgan fingerprint density at radius 3 is 2.20 bits per heavy atom. The molecule has 1 atom stereocenters. The van der Waals surface area contributed by atoms with Crippen molar-refractivity contribution in [1.82, 2.24) is 10.2 Å². The summed E-state index contributed by atoms with van der Waals surface area (Å²) in [5.41, 5.74) is 0.739. The monoisotopic (exact) mass is 721 g/mol. The van der Waals surface area contributed by atoms with Crippen LogP contribution in [0.3, 0.4) is 0 Å². The number of carbonyl (C=O) groups excluding carboxylic acids is 2. The third kappa shape index (κ3) is 9.69. The first-order valence-corrected chi connectivity index (χ1v) is 18.3. The van der Waals surface area contributed by atoms with E-state index in [0.717, 1.165) is 55.4 Å².